The second kappa shape index (κ2) is 30.8. The summed E-state index contributed by atoms with van der Waals surface area (Å²) >= 11 is 0. The highest BCUT2D eigenvalue weighted by atomic mass is 19.1. The molecule has 6 aliphatic rings. The SMILES string of the molecule is CC1CN(CC(=O)N2CC(C)(C)c3[nH]c(=O)c(Cc4ccc(F)cc4)cc32)CCN1.CC1CN(CC(=O)N2CC(C)(C)c3[nH]c(=O)c(Cc4ccc(F)cc4)cc32)CCN1.CN1CCOCC1.CN1CCOCC1.COc1cc(F)cc(OC)c1. The highest BCUT2D eigenvalue weighted by Gasteiger charge is 2.41. The molecule has 21 heteroatoms. The lowest BCUT2D eigenvalue weighted by Crippen LogP contribution is -2.52. The fraction of sp³-hybridized carbons (Fsp3) is 0.531. The maximum atomic E-state index is 13.2. The molecule has 0 radical (unpaired) electrons. The largest absolute Gasteiger partial charge is 0.497 e. The molecule has 5 aromatic rings. The van der Waals surface area contributed by atoms with Crippen LogP contribution in [-0.2, 0) is 42.7 Å². The van der Waals surface area contributed by atoms with Gasteiger partial charge >= 0.3 is 0 Å². The number of benzene rings is 3. The zero-order valence-corrected chi connectivity index (χ0v) is 51.4. The smallest absolute Gasteiger partial charge is 0.251 e. The molecule has 2 atom stereocenters. The van der Waals surface area contributed by atoms with Crippen LogP contribution < -0.4 is 41.0 Å². The molecule has 464 valence electrons. The fourth-order valence-corrected chi connectivity index (χ4v) is 11.0. The Hall–Kier alpha value is -6.43. The van der Waals surface area contributed by atoms with Crippen LogP contribution in [0.15, 0.2) is 88.5 Å². The number of methoxy groups -OCH3 is 2. The number of hydrogen-bond acceptors (Lipinski definition) is 14. The molecule has 8 heterocycles. The van der Waals surface area contributed by atoms with Crippen LogP contribution in [0.2, 0.25) is 0 Å². The van der Waals surface area contributed by atoms with E-state index in [4.69, 9.17) is 18.9 Å². The number of nitrogens with one attached hydrogen (secondary N) is 4. The van der Waals surface area contributed by atoms with E-state index in [-0.39, 0.29) is 51.2 Å². The van der Waals surface area contributed by atoms with Gasteiger partial charge in [-0.3, -0.25) is 29.0 Å². The van der Waals surface area contributed by atoms with Crippen LogP contribution in [-0.4, -0.2) is 200 Å². The Balaban J connectivity index is 0.000000174. The summed E-state index contributed by atoms with van der Waals surface area (Å²) in [4.78, 5) is 70.4. The Morgan fingerprint density at radius 3 is 1.24 bits per heavy atom. The van der Waals surface area contributed by atoms with E-state index in [1.165, 1.54) is 50.6 Å². The first-order valence-corrected chi connectivity index (χ1v) is 29.5. The Bertz CT molecular complexity index is 2890. The molecule has 2 aromatic heterocycles. The number of ether oxygens (including phenoxy) is 4. The summed E-state index contributed by atoms with van der Waals surface area (Å²) in [6.45, 7) is 27.4. The van der Waals surface area contributed by atoms with E-state index >= 15 is 0 Å². The summed E-state index contributed by atoms with van der Waals surface area (Å²) in [5, 5.41) is 6.79. The van der Waals surface area contributed by atoms with E-state index in [0.717, 1.165) is 126 Å². The average Bonchev–Trinajstić information content (AvgIpc) is 1.89. The maximum absolute atomic E-state index is 13.2. The van der Waals surface area contributed by atoms with Crippen molar-refractivity contribution < 1.29 is 41.7 Å². The molecule has 0 spiro atoms. The number of amides is 2. The van der Waals surface area contributed by atoms with Crippen molar-refractivity contribution in [3.8, 4) is 11.5 Å². The maximum Gasteiger partial charge on any atom is 0.251 e. The summed E-state index contributed by atoms with van der Waals surface area (Å²) in [5.74, 6) is 0.0565. The Labute approximate surface area is 498 Å². The zero-order chi connectivity index (χ0) is 61.4. The lowest BCUT2D eigenvalue weighted by atomic mass is 9.91. The van der Waals surface area contributed by atoms with Crippen molar-refractivity contribution in [3.05, 3.63) is 151 Å². The summed E-state index contributed by atoms with van der Waals surface area (Å²) in [6.07, 6.45) is 0.779. The van der Waals surface area contributed by atoms with Crippen molar-refractivity contribution in [1.29, 1.82) is 0 Å². The second-order valence-electron chi connectivity index (χ2n) is 24.1. The Kier molecular flexibility index (Phi) is 23.9. The number of nitrogens with zero attached hydrogens (tertiary/aromatic N) is 6. The third-order valence-electron chi connectivity index (χ3n) is 15.9. The van der Waals surface area contributed by atoms with Crippen LogP contribution in [0.5, 0.6) is 11.5 Å². The molecular weight excluding hydrogens is 1090 g/mol. The number of piperazine rings is 2. The van der Waals surface area contributed by atoms with Gasteiger partial charge in [0.25, 0.3) is 11.1 Å². The van der Waals surface area contributed by atoms with Gasteiger partial charge in [0.15, 0.2) is 0 Å². The van der Waals surface area contributed by atoms with Gasteiger partial charge in [0, 0.05) is 155 Å². The lowest BCUT2D eigenvalue weighted by molar-refractivity contribution is -0.120. The molecule has 2 unspecified atom stereocenters. The van der Waals surface area contributed by atoms with Crippen LogP contribution in [0, 0.1) is 17.5 Å². The molecule has 6 aliphatic heterocycles. The van der Waals surface area contributed by atoms with Crippen molar-refractivity contribution in [2.45, 2.75) is 77.3 Å². The minimum absolute atomic E-state index is 0.0516. The molecule has 4 fully saturated rings. The van der Waals surface area contributed by atoms with Crippen molar-refractivity contribution in [2.75, 3.05) is 156 Å². The van der Waals surface area contributed by atoms with Crippen molar-refractivity contribution in [2.24, 2.45) is 0 Å². The van der Waals surface area contributed by atoms with Crippen molar-refractivity contribution in [3.63, 3.8) is 0 Å². The van der Waals surface area contributed by atoms with Gasteiger partial charge in [-0.2, -0.15) is 0 Å². The van der Waals surface area contributed by atoms with Gasteiger partial charge in [0.1, 0.15) is 29.0 Å². The van der Waals surface area contributed by atoms with E-state index in [2.05, 4.69) is 68.1 Å². The number of carbonyl (C=O) groups excluding carboxylic acids is 2. The van der Waals surface area contributed by atoms with Crippen molar-refractivity contribution in [1.82, 2.24) is 40.2 Å². The summed E-state index contributed by atoms with van der Waals surface area (Å²) < 4.78 is 58.9. The number of rotatable bonds is 10. The molecule has 4 saturated heterocycles. The predicted molar refractivity (Wildman–Crippen MR) is 327 cm³/mol. The number of likely N-dealkylation sites (N-methyl/N-ethyl adjacent to an activating group) is 2. The highest BCUT2D eigenvalue weighted by Crippen LogP contribution is 2.40. The van der Waals surface area contributed by atoms with Gasteiger partial charge in [0.05, 0.1) is 65.1 Å². The van der Waals surface area contributed by atoms with E-state index < -0.39 is 0 Å². The predicted octanol–water partition coefficient (Wildman–Crippen LogP) is 5.79. The lowest BCUT2D eigenvalue weighted by Gasteiger charge is -2.32. The number of fused-ring (bicyclic) bond motifs is 2. The number of morpholine rings is 2. The normalized spacial score (nSPS) is 20.2. The number of carbonyl (C=O) groups is 2. The van der Waals surface area contributed by atoms with E-state index in [9.17, 15) is 32.3 Å². The number of aromatic nitrogens is 2. The molecule has 0 saturated carbocycles. The van der Waals surface area contributed by atoms with Crippen LogP contribution in [0.1, 0.15) is 75.2 Å². The highest BCUT2D eigenvalue weighted by molar-refractivity contribution is 5.98. The van der Waals surface area contributed by atoms with Gasteiger partial charge in [-0.05, 0) is 75.5 Å². The van der Waals surface area contributed by atoms with E-state index in [1.807, 2.05) is 49.6 Å². The third-order valence-corrected chi connectivity index (χ3v) is 15.9. The number of aromatic amines is 2. The standard InChI is InChI=1S/2C23H29FN4O2.C8H9FO2.2C5H11NO/c2*1-15-12-27(9-8-25-15)13-20(29)28-14-23(2,3)21-19(28)11-17(22(30)26-21)10-16-4-6-18(24)7-5-16;1-10-7-3-6(9)4-8(5-7)11-2;2*1-6-2-4-7-5-3-6/h2*4-7,11,15,25H,8-10,12-14H2,1-3H3,(H,26,30);3-5H,1-2H3;2*2-5H2,1H3. The topological polar surface area (TPSA) is 180 Å². The number of H-pyrrole nitrogens is 2. The number of pyridine rings is 2. The first-order chi connectivity index (χ1) is 40.5. The van der Waals surface area contributed by atoms with Gasteiger partial charge in [-0.25, -0.2) is 13.2 Å². The van der Waals surface area contributed by atoms with Gasteiger partial charge < -0.3 is 59.1 Å². The molecule has 3 aromatic carbocycles. The summed E-state index contributed by atoms with van der Waals surface area (Å²) in [7, 11) is 7.19. The van der Waals surface area contributed by atoms with Crippen molar-refractivity contribution >= 4 is 23.2 Å². The molecule has 11 rings (SSSR count). The molecule has 0 bridgehead atoms. The third kappa shape index (κ3) is 19.3. The molecule has 0 aliphatic carbocycles. The van der Waals surface area contributed by atoms with Crippen LogP contribution in [0.4, 0.5) is 24.5 Å². The molecule has 2 amide bonds. The first kappa shape index (κ1) is 66.1. The van der Waals surface area contributed by atoms with Gasteiger partial charge in [-0.1, -0.05) is 52.0 Å². The van der Waals surface area contributed by atoms with Crippen LogP contribution in [0.25, 0.3) is 0 Å². The monoisotopic (exact) mass is 1180 g/mol. The van der Waals surface area contributed by atoms with Gasteiger partial charge in [-0.15, -0.1) is 0 Å². The molecular formula is C64H89F3N10O8. The average molecular weight is 1180 g/mol. The Morgan fingerprint density at radius 2 is 0.918 bits per heavy atom. The molecule has 18 nitrogen and oxygen atoms in total. The minimum atomic E-state index is -0.360. The summed E-state index contributed by atoms with van der Waals surface area (Å²) in [5.41, 5.74) is 5.07. The minimum Gasteiger partial charge on any atom is -0.497 e. The van der Waals surface area contributed by atoms with Crippen LogP contribution in [0.3, 0.4) is 0 Å². The fourth-order valence-electron chi connectivity index (χ4n) is 11.0. The number of hydrogen-bond donors (Lipinski definition) is 4. The molecule has 85 heavy (non-hydrogen) atoms. The summed E-state index contributed by atoms with van der Waals surface area (Å²) in [6, 6.07) is 20.9. The van der Waals surface area contributed by atoms with E-state index in [1.54, 1.807) is 30.3 Å². The first-order valence-electron chi connectivity index (χ1n) is 29.5. The number of anilines is 2. The quantitative estimate of drug-likeness (QED) is 0.132. The molecule has 4 N–H and O–H groups in total. The Morgan fingerprint density at radius 1 is 0.553 bits per heavy atom. The van der Waals surface area contributed by atoms with E-state index in [0.29, 0.717) is 73.7 Å². The number of halogens is 3. The second-order valence-corrected chi connectivity index (χ2v) is 24.1. The van der Waals surface area contributed by atoms with Gasteiger partial charge in [0.2, 0.25) is 11.8 Å². The zero-order valence-electron chi connectivity index (χ0n) is 51.4. The van der Waals surface area contributed by atoms with Crippen LogP contribution >= 0.6 is 0 Å².